The molecule has 0 aliphatic carbocycles. The number of aliphatic hydroxyl groups is 1. The normalized spacial score (nSPS) is 32.8. The summed E-state index contributed by atoms with van der Waals surface area (Å²) >= 11 is 0. The Morgan fingerprint density at radius 3 is 2.45 bits per heavy atom. The average Bonchev–Trinajstić information content (AvgIpc) is 2.87. The first kappa shape index (κ1) is 22.6. The molecule has 1 unspecified atom stereocenters. The number of hydrogen-bond acceptors (Lipinski definition) is 7. The molecule has 4 atom stereocenters. The Labute approximate surface area is 172 Å². The molecule has 0 bridgehead atoms. The summed E-state index contributed by atoms with van der Waals surface area (Å²) < 4.78 is 26.4. The summed E-state index contributed by atoms with van der Waals surface area (Å²) in [4.78, 5) is 26.5. The number of ether oxygens (including phenoxy) is 1. The summed E-state index contributed by atoms with van der Waals surface area (Å²) in [7, 11) is -4.93. The molecule has 2 aliphatic rings. The van der Waals surface area contributed by atoms with Crippen LogP contribution in [0, 0.1) is 5.41 Å². The molecule has 29 heavy (non-hydrogen) atoms. The molecular weight excluding hydrogens is 412 g/mol. The number of nitrogens with one attached hydrogen (secondary N) is 1. The molecule has 164 valence electrons. The predicted molar refractivity (Wildman–Crippen MR) is 111 cm³/mol. The molecule has 2 N–H and O–H groups in total. The molecule has 2 saturated heterocycles. The topological polar surface area (TPSA) is 112 Å². The lowest BCUT2D eigenvalue weighted by Gasteiger charge is -2.41. The van der Waals surface area contributed by atoms with Gasteiger partial charge in [0.2, 0.25) is 0 Å². The fraction of sp³-hybridized carbons (Fsp3) is 0.778. The van der Waals surface area contributed by atoms with Crippen LogP contribution in [0.5, 0.6) is 0 Å². The maximum atomic E-state index is 12.7. The largest absolute Gasteiger partial charge is 0.415 e. The van der Waals surface area contributed by atoms with Crippen LogP contribution in [0.25, 0.3) is 0 Å². The minimum atomic E-state index is -2.53. The third-order valence-electron chi connectivity index (χ3n) is 5.27. The first-order valence-electron chi connectivity index (χ1n) is 9.86. The summed E-state index contributed by atoms with van der Waals surface area (Å²) in [6.45, 7) is 13.7. The van der Waals surface area contributed by atoms with Crippen molar-refractivity contribution in [2.75, 3.05) is 6.61 Å². The Hall–Kier alpha value is -1.09. The van der Waals surface area contributed by atoms with E-state index < -0.39 is 57.8 Å². The van der Waals surface area contributed by atoms with Gasteiger partial charge in [-0.15, -0.1) is 0 Å². The van der Waals surface area contributed by atoms with Gasteiger partial charge < -0.3 is 22.8 Å². The van der Waals surface area contributed by atoms with Crippen molar-refractivity contribution in [3.8, 4) is 0 Å². The van der Waals surface area contributed by atoms with E-state index in [1.54, 1.807) is 0 Å². The van der Waals surface area contributed by atoms with E-state index in [0.29, 0.717) is 0 Å². The molecule has 11 heteroatoms. The van der Waals surface area contributed by atoms with Crippen LogP contribution >= 0.6 is 0 Å². The summed E-state index contributed by atoms with van der Waals surface area (Å²) in [6.07, 6.45) is -0.349. The molecule has 0 saturated carbocycles. The molecule has 2 aliphatic heterocycles. The number of H-pyrrole nitrogens is 1. The maximum Gasteiger partial charge on any atom is 0.330 e. The minimum absolute atomic E-state index is 0.229. The molecule has 0 spiro atoms. The van der Waals surface area contributed by atoms with Gasteiger partial charge in [-0.2, -0.15) is 0 Å². The number of fused-ring (bicyclic) bond motifs is 1. The third kappa shape index (κ3) is 4.50. The Balaban J connectivity index is 2.09. The van der Waals surface area contributed by atoms with Crippen molar-refractivity contribution in [1.29, 1.82) is 0 Å². The van der Waals surface area contributed by atoms with E-state index in [1.165, 1.54) is 16.8 Å². The fourth-order valence-corrected chi connectivity index (χ4v) is 10.9. The van der Waals surface area contributed by atoms with Crippen LogP contribution in [0.1, 0.15) is 27.2 Å². The second-order valence-corrected chi connectivity index (χ2v) is 16.8. The highest BCUT2D eigenvalue weighted by Crippen LogP contribution is 2.45. The monoisotopic (exact) mass is 444 g/mol. The van der Waals surface area contributed by atoms with Crippen LogP contribution in [0.3, 0.4) is 0 Å². The van der Waals surface area contributed by atoms with E-state index in [0.717, 1.165) is 0 Å². The van der Waals surface area contributed by atoms with Crippen molar-refractivity contribution < 1.29 is 22.8 Å². The second-order valence-electron chi connectivity index (χ2n) is 9.82. The number of rotatable bonds is 2. The van der Waals surface area contributed by atoms with Crippen LogP contribution in [0.2, 0.25) is 26.2 Å². The SMILES string of the molecule is CC(C)(C)C(O)[C@]1(n2ccc(=O)[nH]c2=O)C[C@@H]2O[Si](C)(C)O[Si](C)(C)OC[C@H]2O1. The van der Waals surface area contributed by atoms with E-state index in [-0.39, 0.29) is 13.0 Å². The van der Waals surface area contributed by atoms with Gasteiger partial charge in [-0.25, -0.2) is 4.79 Å². The van der Waals surface area contributed by atoms with Gasteiger partial charge in [0.15, 0.2) is 5.72 Å². The number of aliphatic hydroxyl groups excluding tert-OH is 1. The molecule has 0 radical (unpaired) electrons. The number of aromatic amines is 1. The van der Waals surface area contributed by atoms with Crippen LogP contribution in [0.15, 0.2) is 21.9 Å². The first-order valence-corrected chi connectivity index (χ1v) is 15.5. The highest BCUT2D eigenvalue weighted by atomic mass is 28.5. The van der Waals surface area contributed by atoms with Crippen molar-refractivity contribution in [2.45, 2.75) is 77.4 Å². The number of aromatic nitrogens is 2. The molecule has 9 nitrogen and oxygen atoms in total. The van der Waals surface area contributed by atoms with Gasteiger partial charge in [-0.3, -0.25) is 14.3 Å². The Kier molecular flexibility index (Phi) is 5.65. The molecule has 3 rings (SSSR count). The van der Waals surface area contributed by atoms with Crippen LogP contribution in [0.4, 0.5) is 0 Å². The Morgan fingerprint density at radius 1 is 1.21 bits per heavy atom. The summed E-state index contributed by atoms with van der Waals surface area (Å²) in [5, 5.41) is 11.3. The first-order chi connectivity index (χ1) is 13.2. The quantitative estimate of drug-likeness (QED) is 0.660. The maximum absolute atomic E-state index is 12.7. The van der Waals surface area contributed by atoms with E-state index in [1.807, 2.05) is 47.0 Å². The van der Waals surface area contributed by atoms with E-state index in [2.05, 4.69) is 4.98 Å². The Bertz CT molecular complexity index is 876. The van der Waals surface area contributed by atoms with Crippen molar-refractivity contribution >= 4 is 17.1 Å². The van der Waals surface area contributed by atoms with Gasteiger partial charge in [0.25, 0.3) is 5.56 Å². The molecule has 0 amide bonds. The fourth-order valence-electron chi connectivity index (χ4n) is 4.21. The van der Waals surface area contributed by atoms with Gasteiger partial charge in [0.1, 0.15) is 12.2 Å². The van der Waals surface area contributed by atoms with E-state index in [9.17, 15) is 14.7 Å². The zero-order chi connectivity index (χ0) is 21.8. The van der Waals surface area contributed by atoms with Gasteiger partial charge in [-0.1, -0.05) is 20.8 Å². The smallest absolute Gasteiger partial charge is 0.330 e. The lowest BCUT2D eigenvalue weighted by molar-refractivity contribution is -0.205. The van der Waals surface area contributed by atoms with Gasteiger partial charge in [-0.05, 0) is 31.6 Å². The van der Waals surface area contributed by atoms with Crippen molar-refractivity contribution in [3.05, 3.63) is 33.1 Å². The molecule has 1 aromatic heterocycles. The standard InChI is InChI=1S/C18H32N2O7Si2/c1-17(2,3)15(22)18(20-9-8-14(21)19-16(20)23)10-12-13(25-18)11-24-28(4,5)27-29(6,7)26-12/h8-9,12-13,15,22H,10-11H2,1-7H3,(H,19,21,23)/t12-,13+,15?,18-/m0/s1. The molecular formula is C18H32N2O7Si2. The lowest BCUT2D eigenvalue weighted by atomic mass is 9.81. The zero-order valence-corrected chi connectivity index (χ0v) is 20.1. The second kappa shape index (κ2) is 7.25. The van der Waals surface area contributed by atoms with Crippen molar-refractivity contribution in [1.82, 2.24) is 9.55 Å². The molecule has 2 fully saturated rings. The predicted octanol–water partition coefficient (Wildman–Crippen LogP) is 1.22. The average molecular weight is 445 g/mol. The van der Waals surface area contributed by atoms with Crippen molar-refractivity contribution in [2.24, 2.45) is 5.41 Å². The number of hydrogen-bond donors (Lipinski definition) is 2. The molecule has 0 aromatic carbocycles. The zero-order valence-electron chi connectivity index (χ0n) is 18.1. The Morgan fingerprint density at radius 2 is 1.86 bits per heavy atom. The molecule has 1 aromatic rings. The van der Waals surface area contributed by atoms with E-state index >= 15 is 0 Å². The van der Waals surface area contributed by atoms with Crippen LogP contribution in [-0.2, 0) is 23.4 Å². The highest BCUT2D eigenvalue weighted by Gasteiger charge is 2.58. The van der Waals surface area contributed by atoms with E-state index in [4.69, 9.17) is 17.7 Å². The molecule has 3 heterocycles. The summed E-state index contributed by atoms with van der Waals surface area (Å²) in [5.41, 5.74) is -3.16. The van der Waals surface area contributed by atoms with Gasteiger partial charge >= 0.3 is 22.8 Å². The van der Waals surface area contributed by atoms with Crippen LogP contribution in [-0.4, -0.2) is 56.7 Å². The van der Waals surface area contributed by atoms with Gasteiger partial charge in [0, 0.05) is 18.7 Å². The van der Waals surface area contributed by atoms with Crippen molar-refractivity contribution in [3.63, 3.8) is 0 Å². The van der Waals surface area contributed by atoms with Gasteiger partial charge in [0.05, 0.1) is 12.7 Å². The van der Waals surface area contributed by atoms with Crippen LogP contribution < -0.4 is 11.2 Å². The summed E-state index contributed by atoms with van der Waals surface area (Å²) in [6, 6.07) is 1.25. The highest BCUT2D eigenvalue weighted by molar-refractivity contribution is 6.78. The number of nitrogens with zero attached hydrogens (tertiary/aromatic N) is 1. The lowest BCUT2D eigenvalue weighted by Crippen LogP contribution is -2.55. The third-order valence-corrected chi connectivity index (χ3v) is 10.9. The summed E-state index contributed by atoms with van der Waals surface area (Å²) in [5.74, 6) is 0. The minimum Gasteiger partial charge on any atom is -0.415 e.